The Bertz CT molecular complexity index is 1120. The largest absolute Gasteiger partial charge is 0.354 e. The minimum Gasteiger partial charge on any atom is -0.354 e. The first kappa shape index (κ1) is 17.0. The molecule has 1 fully saturated rings. The van der Waals surface area contributed by atoms with E-state index in [0.717, 1.165) is 61.9 Å². The van der Waals surface area contributed by atoms with Crippen molar-refractivity contribution in [2.45, 2.75) is 32.4 Å². The maximum absolute atomic E-state index is 13.3. The van der Waals surface area contributed by atoms with Gasteiger partial charge in [-0.15, -0.1) is 0 Å². The Kier molecular flexibility index (Phi) is 3.68. The molecule has 0 radical (unpaired) electrons. The molecule has 0 spiro atoms. The van der Waals surface area contributed by atoms with Crippen LogP contribution in [0.4, 0.5) is 11.5 Å². The summed E-state index contributed by atoms with van der Waals surface area (Å²) in [7, 11) is 0. The summed E-state index contributed by atoms with van der Waals surface area (Å²) < 4.78 is 1.94. The fourth-order valence-electron chi connectivity index (χ4n) is 5.06. The van der Waals surface area contributed by atoms with Gasteiger partial charge in [0.1, 0.15) is 5.82 Å². The van der Waals surface area contributed by atoms with Gasteiger partial charge < -0.3 is 15.1 Å². The van der Waals surface area contributed by atoms with Gasteiger partial charge in [-0.1, -0.05) is 18.2 Å². The Morgan fingerprint density at radius 1 is 1.21 bits per heavy atom. The molecular weight excluding hydrogens is 364 g/mol. The van der Waals surface area contributed by atoms with Crippen molar-refractivity contribution in [3.63, 3.8) is 0 Å². The smallest absolute Gasteiger partial charge is 0.233 e. The van der Waals surface area contributed by atoms with Crippen molar-refractivity contribution in [2.24, 2.45) is 5.92 Å². The van der Waals surface area contributed by atoms with Crippen LogP contribution in [0, 0.1) is 5.92 Å². The summed E-state index contributed by atoms with van der Waals surface area (Å²) in [6, 6.07) is 10.5. The number of carbonyl (C=O) groups excluding carboxylic acids is 1. The number of hydrogen-bond acceptors (Lipinski definition) is 5. The number of fused-ring (bicyclic) bond motifs is 3. The van der Waals surface area contributed by atoms with Crippen molar-refractivity contribution in [2.75, 3.05) is 29.4 Å². The van der Waals surface area contributed by atoms with Crippen molar-refractivity contribution < 1.29 is 4.79 Å². The number of carbonyl (C=O) groups is 1. The summed E-state index contributed by atoms with van der Waals surface area (Å²) in [5.74, 6) is 1.40. The minimum atomic E-state index is 0.0275. The number of anilines is 2. The van der Waals surface area contributed by atoms with Gasteiger partial charge in [0, 0.05) is 43.0 Å². The lowest BCUT2D eigenvalue weighted by atomic mass is 9.96. The Hall–Kier alpha value is -2.93. The first-order valence-electron chi connectivity index (χ1n) is 10.4. The van der Waals surface area contributed by atoms with Gasteiger partial charge in [0.15, 0.2) is 5.65 Å². The van der Waals surface area contributed by atoms with E-state index in [1.165, 1.54) is 11.1 Å². The number of para-hydroxylation sites is 1. The van der Waals surface area contributed by atoms with Crippen LogP contribution in [-0.4, -0.2) is 46.2 Å². The van der Waals surface area contributed by atoms with Crippen LogP contribution in [0.15, 0.2) is 36.5 Å². The summed E-state index contributed by atoms with van der Waals surface area (Å²) in [4.78, 5) is 22.4. The van der Waals surface area contributed by atoms with Crippen molar-refractivity contribution in [1.29, 1.82) is 0 Å². The third-order valence-electron chi connectivity index (χ3n) is 6.51. The highest BCUT2D eigenvalue weighted by molar-refractivity contribution is 5.99. The molecule has 1 aromatic carbocycles. The molecule has 1 amide bonds. The standard InChI is InChI=1S/C22H24N6O/c1-14-10-15-4-2-3-5-19(15)27(14)22(29)16-12-26(13-16)21-17-6-8-23-11-18(17)25-20-7-9-24-28(20)21/h2-5,7,9,14,16,23H,6,8,10-13H2,1H3. The lowest BCUT2D eigenvalue weighted by Gasteiger charge is -2.43. The van der Waals surface area contributed by atoms with Gasteiger partial charge in [0.05, 0.1) is 17.8 Å². The summed E-state index contributed by atoms with van der Waals surface area (Å²) in [5, 5.41) is 7.92. The second-order valence-electron chi connectivity index (χ2n) is 8.38. The van der Waals surface area contributed by atoms with Crippen molar-refractivity contribution in [1.82, 2.24) is 19.9 Å². The topological polar surface area (TPSA) is 65.8 Å². The van der Waals surface area contributed by atoms with E-state index in [1.54, 1.807) is 6.20 Å². The average molecular weight is 388 g/mol. The Morgan fingerprint density at radius 2 is 2.07 bits per heavy atom. The van der Waals surface area contributed by atoms with Gasteiger partial charge in [0.2, 0.25) is 5.91 Å². The molecule has 7 heteroatoms. The monoisotopic (exact) mass is 388 g/mol. The van der Waals surface area contributed by atoms with Crippen LogP contribution in [0.1, 0.15) is 23.7 Å². The fraction of sp³-hybridized carbons (Fsp3) is 0.409. The molecule has 2 aromatic heterocycles. The van der Waals surface area contributed by atoms with E-state index in [1.807, 2.05) is 21.5 Å². The van der Waals surface area contributed by atoms with E-state index >= 15 is 0 Å². The molecule has 1 N–H and O–H groups in total. The zero-order valence-electron chi connectivity index (χ0n) is 16.5. The second-order valence-corrected chi connectivity index (χ2v) is 8.38. The molecule has 29 heavy (non-hydrogen) atoms. The zero-order chi connectivity index (χ0) is 19.5. The molecule has 3 aliphatic heterocycles. The molecule has 3 aliphatic rings. The van der Waals surface area contributed by atoms with Gasteiger partial charge >= 0.3 is 0 Å². The van der Waals surface area contributed by atoms with E-state index in [0.29, 0.717) is 0 Å². The summed E-state index contributed by atoms with van der Waals surface area (Å²) in [6.07, 6.45) is 3.69. The Balaban J connectivity index is 1.28. The van der Waals surface area contributed by atoms with Crippen LogP contribution < -0.4 is 15.1 Å². The molecule has 148 valence electrons. The molecule has 5 heterocycles. The number of rotatable bonds is 2. The highest BCUT2D eigenvalue weighted by Gasteiger charge is 2.41. The summed E-state index contributed by atoms with van der Waals surface area (Å²) in [5.41, 5.74) is 5.62. The van der Waals surface area contributed by atoms with E-state index < -0.39 is 0 Å². The van der Waals surface area contributed by atoms with Crippen LogP contribution in [0.5, 0.6) is 0 Å². The molecule has 1 unspecified atom stereocenters. The van der Waals surface area contributed by atoms with E-state index in [4.69, 9.17) is 4.98 Å². The third-order valence-corrected chi connectivity index (χ3v) is 6.51. The number of aromatic nitrogens is 3. The van der Waals surface area contributed by atoms with Crippen LogP contribution >= 0.6 is 0 Å². The molecule has 3 aromatic rings. The zero-order valence-corrected chi connectivity index (χ0v) is 16.5. The van der Waals surface area contributed by atoms with E-state index in [-0.39, 0.29) is 17.9 Å². The number of benzene rings is 1. The van der Waals surface area contributed by atoms with Crippen LogP contribution in [-0.2, 0) is 24.2 Å². The van der Waals surface area contributed by atoms with Gasteiger partial charge in [-0.3, -0.25) is 4.79 Å². The average Bonchev–Trinajstić information content (AvgIpc) is 3.29. The first-order valence-corrected chi connectivity index (χ1v) is 10.4. The van der Waals surface area contributed by atoms with Crippen LogP contribution in [0.25, 0.3) is 5.65 Å². The molecular formula is C22H24N6O. The molecule has 6 rings (SSSR count). The number of hydrogen-bond donors (Lipinski definition) is 1. The number of nitrogens with zero attached hydrogens (tertiary/aromatic N) is 5. The van der Waals surface area contributed by atoms with Crippen molar-refractivity contribution in [3.8, 4) is 0 Å². The van der Waals surface area contributed by atoms with Crippen LogP contribution in [0.3, 0.4) is 0 Å². The third kappa shape index (κ3) is 2.50. The minimum absolute atomic E-state index is 0.0275. The molecule has 0 saturated carbocycles. The van der Waals surface area contributed by atoms with Crippen molar-refractivity contribution in [3.05, 3.63) is 53.3 Å². The Labute approximate surface area is 169 Å². The summed E-state index contributed by atoms with van der Waals surface area (Å²) in [6.45, 7) is 5.37. The van der Waals surface area contributed by atoms with E-state index in [2.05, 4.69) is 40.4 Å². The lowest BCUT2D eigenvalue weighted by Crippen LogP contribution is -2.56. The van der Waals surface area contributed by atoms with Crippen LogP contribution in [0.2, 0.25) is 0 Å². The highest BCUT2D eigenvalue weighted by atomic mass is 16.2. The van der Waals surface area contributed by atoms with Gasteiger partial charge in [0.25, 0.3) is 0 Å². The lowest BCUT2D eigenvalue weighted by molar-refractivity contribution is -0.123. The first-order chi connectivity index (χ1) is 14.2. The van der Waals surface area contributed by atoms with Gasteiger partial charge in [-0.05, 0) is 37.9 Å². The fourth-order valence-corrected chi connectivity index (χ4v) is 5.06. The maximum atomic E-state index is 13.3. The predicted octanol–water partition coefficient (Wildman–Crippen LogP) is 1.79. The number of nitrogens with one attached hydrogen (secondary N) is 1. The van der Waals surface area contributed by atoms with E-state index in [9.17, 15) is 4.79 Å². The number of amides is 1. The Morgan fingerprint density at radius 3 is 2.97 bits per heavy atom. The SMILES string of the molecule is CC1Cc2ccccc2N1C(=O)C1CN(c2c3c(nc4ccnn24)CNCC3)C1. The van der Waals surface area contributed by atoms with Gasteiger partial charge in [-0.25, -0.2) is 4.98 Å². The molecule has 0 bridgehead atoms. The molecule has 0 aliphatic carbocycles. The second kappa shape index (κ2) is 6.29. The van der Waals surface area contributed by atoms with Gasteiger partial charge in [-0.2, -0.15) is 9.61 Å². The maximum Gasteiger partial charge on any atom is 0.233 e. The van der Waals surface area contributed by atoms with Crippen molar-refractivity contribution >= 4 is 23.1 Å². The normalized spacial score (nSPS) is 21.2. The quantitative estimate of drug-likeness (QED) is 0.725. The molecule has 1 atom stereocenters. The summed E-state index contributed by atoms with van der Waals surface area (Å²) >= 11 is 0. The molecule has 7 nitrogen and oxygen atoms in total. The highest BCUT2D eigenvalue weighted by Crippen LogP contribution is 2.36. The molecule has 1 saturated heterocycles. The predicted molar refractivity (Wildman–Crippen MR) is 111 cm³/mol.